The van der Waals surface area contributed by atoms with Crippen molar-refractivity contribution in [2.45, 2.75) is 25.3 Å². The van der Waals surface area contributed by atoms with E-state index in [1.165, 1.54) is 11.3 Å². The van der Waals surface area contributed by atoms with Gasteiger partial charge in [0.1, 0.15) is 0 Å². The number of benzene rings is 3. The van der Waals surface area contributed by atoms with Crippen molar-refractivity contribution < 1.29 is 4.79 Å². The van der Waals surface area contributed by atoms with Crippen molar-refractivity contribution in [2.75, 3.05) is 38.0 Å². The molecule has 1 heterocycles. The van der Waals surface area contributed by atoms with Crippen LogP contribution in [0.5, 0.6) is 0 Å². The van der Waals surface area contributed by atoms with E-state index in [-0.39, 0.29) is 17.9 Å². The number of allylic oxidation sites excluding steroid dienone is 1. The molecule has 1 fully saturated rings. The first-order chi connectivity index (χ1) is 17.8. The van der Waals surface area contributed by atoms with Crippen molar-refractivity contribution in [3.63, 3.8) is 0 Å². The van der Waals surface area contributed by atoms with Gasteiger partial charge >= 0.3 is 0 Å². The number of amides is 1. The molecule has 0 unspecified atom stereocenters. The van der Waals surface area contributed by atoms with Crippen LogP contribution >= 0.6 is 15.9 Å². The van der Waals surface area contributed by atoms with Crippen LogP contribution < -0.4 is 9.80 Å². The lowest BCUT2D eigenvalue weighted by Gasteiger charge is -2.30. The van der Waals surface area contributed by atoms with Crippen molar-refractivity contribution in [1.82, 2.24) is 5.01 Å². The summed E-state index contributed by atoms with van der Waals surface area (Å²) in [6.07, 6.45) is 5.31. The molecule has 1 aliphatic heterocycles. The zero-order chi connectivity index (χ0) is 26.1. The first-order valence-corrected chi connectivity index (χ1v) is 13.5. The minimum absolute atomic E-state index is 0.0698. The SMILES string of the molecule is CN(C)c1ccc(/C=C2\CCC[C@@H]3C2=NN(C(=O)c2cccc(Br)c2)[C@H]3c2ccc(N(C)C)cc2)cc1. The van der Waals surface area contributed by atoms with E-state index >= 15 is 0 Å². The average Bonchev–Trinajstić information content (AvgIpc) is 3.29. The van der Waals surface area contributed by atoms with Crippen LogP contribution in [-0.2, 0) is 0 Å². The predicted molar refractivity (Wildman–Crippen MR) is 157 cm³/mol. The summed E-state index contributed by atoms with van der Waals surface area (Å²) >= 11 is 3.52. The zero-order valence-corrected chi connectivity index (χ0v) is 23.4. The molecule has 6 heteroatoms. The number of carbonyl (C=O) groups excluding carboxylic acids is 1. The molecular formula is C31H33BrN4O. The van der Waals surface area contributed by atoms with Crippen LogP contribution in [0.25, 0.3) is 6.08 Å². The molecule has 1 saturated carbocycles. The van der Waals surface area contributed by atoms with Gasteiger partial charge in [-0.05, 0) is 84.5 Å². The summed E-state index contributed by atoms with van der Waals surface area (Å²) in [7, 11) is 8.18. The Kier molecular flexibility index (Phi) is 7.20. The minimum Gasteiger partial charge on any atom is -0.378 e. The second-order valence-electron chi connectivity index (χ2n) is 10.2. The number of rotatable bonds is 5. The van der Waals surface area contributed by atoms with Gasteiger partial charge in [-0.3, -0.25) is 4.79 Å². The number of hydrazone groups is 1. The molecule has 2 aliphatic rings. The lowest BCUT2D eigenvalue weighted by atomic mass is 9.77. The molecule has 0 saturated heterocycles. The van der Waals surface area contributed by atoms with Gasteiger partial charge in [0.15, 0.2) is 0 Å². The van der Waals surface area contributed by atoms with Gasteiger partial charge < -0.3 is 9.80 Å². The van der Waals surface area contributed by atoms with Crippen LogP contribution in [0.2, 0.25) is 0 Å². The molecule has 1 amide bonds. The highest BCUT2D eigenvalue weighted by atomic mass is 79.9. The standard InChI is InChI=1S/C31H33BrN4O/c1-34(2)26-15-11-21(12-16-26)19-23-7-6-10-28-29(23)33-36(31(37)24-8-5-9-25(32)20-24)30(28)22-13-17-27(18-14-22)35(3)4/h5,8-9,11-20,28,30H,6-7,10H2,1-4H3/b23-19+/t28-,30+/m1/s1. The zero-order valence-electron chi connectivity index (χ0n) is 21.9. The van der Waals surface area contributed by atoms with Gasteiger partial charge in [0.2, 0.25) is 0 Å². The van der Waals surface area contributed by atoms with Crippen LogP contribution in [-0.4, -0.2) is 44.8 Å². The van der Waals surface area contributed by atoms with E-state index in [1.54, 1.807) is 5.01 Å². The van der Waals surface area contributed by atoms with Gasteiger partial charge in [-0.15, -0.1) is 0 Å². The van der Waals surface area contributed by atoms with Gasteiger partial charge in [0, 0.05) is 55.5 Å². The number of anilines is 2. The van der Waals surface area contributed by atoms with Gasteiger partial charge in [0.05, 0.1) is 11.8 Å². The number of hydrogen-bond acceptors (Lipinski definition) is 4. The molecule has 2 atom stereocenters. The van der Waals surface area contributed by atoms with Gasteiger partial charge in [-0.1, -0.05) is 46.3 Å². The van der Waals surface area contributed by atoms with Crippen molar-refractivity contribution in [2.24, 2.45) is 11.0 Å². The van der Waals surface area contributed by atoms with Crippen LogP contribution in [0.15, 0.2) is 87.9 Å². The lowest BCUT2D eigenvalue weighted by molar-refractivity contribution is 0.0681. The second kappa shape index (κ2) is 10.5. The summed E-state index contributed by atoms with van der Waals surface area (Å²) < 4.78 is 0.885. The number of halogens is 1. The fraction of sp³-hybridized carbons (Fsp3) is 0.290. The van der Waals surface area contributed by atoms with E-state index in [0.717, 1.165) is 46.3 Å². The predicted octanol–water partition coefficient (Wildman–Crippen LogP) is 7.02. The van der Waals surface area contributed by atoms with Crippen molar-refractivity contribution in [3.05, 3.63) is 99.5 Å². The molecule has 5 nitrogen and oxygen atoms in total. The summed E-state index contributed by atoms with van der Waals surface area (Å²) in [5.74, 6) is 0.0990. The van der Waals surface area contributed by atoms with Crippen molar-refractivity contribution in [3.8, 4) is 0 Å². The molecule has 0 radical (unpaired) electrons. The van der Waals surface area contributed by atoms with E-state index in [4.69, 9.17) is 5.10 Å². The molecule has 3 aromatic rings. The first kappa shape index (κ1) is 25.3. The minimum atomic E-state index is -0.127. The van der Waals surface area contributed by atoms with Crippen LogP contribution in [0.3, 0.4) is 0 Å². The van der Waals surface area contributed by atoms with Crippen molar-refractivity contribution in [1.29, 1.82) is 0 Å². The average molecular weight is 558 g/mol. The Bertz CT molecular complexity index is 1340. The Balaban J connectivity index is 1.55. The number of carbonyl (C=O) groups is 1. The highest BCUT2D eigenvalue weighted by Gasteiger charge is 2.44. The monoisotopic (exact) mass is 556 g/mol. The number of nitrogens with zero attached hydrogens (tertiary/aromatic N) is 4. The molecule has 0 spiro atoms. The van der Waals surface area contributed by atoms with Gasteiger partial charge in [0.25, 0.3) is 5.91 Å². The fourth-order valence-corrected chi connectivity index (χ4v) is 5.69. The molecule has 1 aliphatic carbocycles. The third-order valence-corrected chi connectivity index (χ3v) is 7.78. The van der Waals surface area contributed by atoms with Crippen LogP contribution in [0.1, 0.15) is 46.8 Å². The molecule has 37 heavy (non-hydrogen) atoms. The van der Waals surface area contributed by atoms with E-state index < -0.39 is 0 Å². The maximum Gasteiger partial charge on any atom is 0.274 e. The topological polar surface area (TPSA) is 39.1 Å². The highest BCUT2D eigenvalue weighted by molar-refractivity contribution is 9.10. The molecular weight excluding hydrogens is 524 g/mol. The Morgan fingerprint density at radius 1 is 0.946 bits per heavy atom. The highest BCUT2D eigenvalue weighted by Crippen LogP contribution is 2.45. The molecule has 3 aromatic carbocycles. The lowest BCUT2D eigenvalue weighted by Crippen LogP contribution is -2.32. The van der Waals surface area contributed by atoms with Gasteiger partial charge in [-0.25, -0.2) is 5.01 Å². The third-order valence-electron chi connectivity index (χ3n) is 7.28. The summed E-state index contributed by atoms with van der Waals surface area (Å²) in [5.41, 5.74) is 7.51. The van der Waals surface area contributed by atoms with E-state index in [2.05, 4.69) is 94.4 Å². The smallest absolute Gasteiger partial charge is 0.274 e. The van der Waals surface area contributed by atoms with Crippen LogP contribution in [0.4, 0.5) is 11.4 Å². The Morgan fingerprint density at radius 3 is 2.22 bits per heavy atom. The molecule has 0 bridgehead atoms. The molecule has 0 N–H and O–H groups in total. The number of fused-ring (bicyclic) bond motifs is 1. The van der Waals surface area contributed by atoms with E-state index in [1.807, 2.05) is 38.4 Å². The molecule has 190 valence electrons. The first-order valence-electron chi connectivity index (χ1n) is 12.7. The van der Waals surface area contributed by atoms with Gasteiger partial charge in [-0.2, -0.15) is 5.10 Å². The fourth-order valence-electron chi connectivity index (χ4n) is 5.29. The molecule has 5 rings (SSSR count). The maximum absolute atomic E-state index is 13.8. The van der Waals surface area contributed by atoms with E-state index in [0.29, 0.717) is 5.56 Å². The summed E-state index contributed by atoms with van der Waals surface area (Å²) in [6.45, 7) is 0. The quantitative estimate of drug-likeness (QED) is 0.339. The second-order valence-corrected chi connectivity index (χ2v) is 11.1. The van der Waals surface area contributed by atoms with Crippen LogP contribution in [0, 0.1) is 5.92 Å². The van der Waals surface area contributed by atoms with E-state index in [9.17, 15) is 4.79 Å². The Hall–Kier alpha value is -3.38. The summed E-state index contributed by atoms with van der Waals surface area (Å²) in [6, 6.07) is 24.6. The maximum atomic E-state index is 13.8. The Labute approximate surface area is 228 Å². The third kappa shape index (κ3) is 5.21. The Morgan fingerprint density at radius 2 is 1.59 bits per heavy atom. The molecule has 0 aromatic heterocycles. The summed E-state index contributed by atoms with van der Waals surface area (Å²) in [5, 5.41) is 6.79. The number of hydrogen-bond donors (Lipinski definition) is 0. The largest absolute Gasteiger partial charge is 0.378 e. The van der Waals surface area contributed by atoms with Crippen molar-refractivity contribution >= 4 is 45.0 Å². The summed E-state index contributed by atoms with van der Waals surface area (Å²) in [4.78, 5) is 18.0. The normalized spacial score (nSPS) is 20.0.